The molecule has 0 amide bonds. The number of aromatic nitrogens is 1. The third-order valence-corrected chi connectivity index (χ3v) is 2.82. The second-order valence-corrected chi connectivity index (χ2v) is 4.16. The number of alkyl halides is 3. The highest BCUT2D eigenvalue weighted by atomic mass is 35.5. The number of aldehydes is 1. The molecule has 1 aromatic carbocycles. The summed E-state index contributed by atoms with van der Waals surface area (Å²) in [6.07, 6.45) is -2.49. The van der Waals surface area contributed by atoms with Crippen molar-refractivity contribution in [3.05, 3.63) is 52.8 Å². The van der Waals surface area contributed by atoms with E-state index < -0.39 is 11.7 Å². The highest BCUT2D eigenvalue weighted by molar-refractivity contribution is 6.32. The summed E-state index contributed by atoms with van der Waals surface area (Å²) in [5.74, 6) is 0. The SMILES string of the molecule is O=Cc1cnc(Cl)c(-c2ccc(C(F)(F)F)cc2)c1. The van der Waals surface area contributed by atoms with Crippen LogP contribution in [0.3, 0.4) is 0 Å². The average molecular weight is 286 g/mol. The molecular weight excluding hydrogens is 279 g/mol. The Morgan fingerprint density at radius 2 is 1.79 bits per heavy atom. The van der Waals surface area contributed by atoms with Crippen molar-refractivity contribution in [1.82, 2.24) is 4.98 Å². The highest BCUT2D eigenvalue weighted by Crippen LogP contribution is 2.32. The van der Waals surface area contributed by atoms with Gasteiger partial charge in [0.1, 0.15) is 5.15 Å². The highest BCUT2D eigenvalue weighted by Gasteiger charge is 2.30. The second kappa shape index (κ2) is 5.01. The first-order valence-electron chi connectivity index (χ1n) is 5.20. The number of halogens is 4. The molecule has 0 saturated carbocycles. The molecule has 0 unspecified atom stereocenters. The summed E-state index contributed by atoms with van der Waals surface area (Å²) in [6, 6.07) is 5.98. The molecule has 0 spiro atoms. The summed E-state index contributed by atoms with van der Waals surface area (Å²) in [4.78, 5) is 14.5. The fourth-order valence-corrected chi connectivity index (χ4v) is 1.78. The molecule has 0 aliphatic heterocycles. The summed E-state index contributed by atoms with van der Waals surface area (Å²) in [5, 5.41) is 0.130. The van der Waals surface area contributed by atoms with E-state index in [9.17, 15) is 18.0 Å². The van der Waals surface area contributed by atoms with E-state index >= 15 is 0 Å². The van der Waals surface area contributed by atoms with E-state index in [1.54, 1.807) is 0 Å². The van der Waals surface area contributed by atoms with E-state index in [-0.39, 0.29) is 5.15 Å². The van der Waals surface area contributed by atoms with E-state index in [4.69, 9.17) is 11.6 Å². The van der Waals surface area contributed by atoms with Crippen LogP contribution in [-0.2, 0) is 6.18 Å². The smallest absolute Gasteiger partial charge is 0.298 e. The fraction of sp³-hybridized carbons (Fsp3) is 0.0769. The third-order valence-electron chi connectivity index (χ3n) is 2.52. The standard InChI is InChI=1S/C13H7ClF3NO/c14-12-11(5-8(7-19)6-18-12)9-1-3-10(4-2-9)13(15,16)17/h1-7H. The molecule has 0 atom stereocenters. The molecule has 2 rings (SSSR count). The van der Waals surface area contributed by atoms with Crippen LogP contribution in [0.4, 0.5) is 13.2 Å². The van der Waals surface area contributed by atoms with E-state index in [1.165, 1.54) is 24.4 Å². The van der Waals surface area contributed by atoms with Gasteiger partial charge in [0.15, 0.2) is 6.29 Å². The van der Waals surface area contributed by atoms with Crippen LogP contribution in [0.5, 0.6) is 0 Å². The van der Waals surface area contributed by atoms with Gasteiger partial charge in [0.2, 0.25) is 0 Å². The average Bonchev–Trinajstić information content (AvgIpc) is 2.38. The van der Waals surface area contributed by atoms with Crippen molar-refractivity contribution in [3.63, 3.8) is 0 Å². The second-order valence-electron chi connectivity index (χ2n) is 3.80. The van der Waals surface area contributed by atoms with Crippen LogP contribution in [0.2, 0.25) is 5.15 Å². The van der Waals surface area contributed by atoms with Gasteiger partial charge in [-0.1, -0.05) is 23.7 Å². The molecule has 0 fully saturated rings. The fourth-order valence-electron chi connectivity index (χ4n) is 1.57. The lowest BCUT2D eigenvalue weighted by atomic mass is 10.0. The van der Waals surface area contributed by atoms with Gasteiger partial charge in [-0.2, -0.15) is 13.2 Å². The van der Waals surface area contributed by atoms with Crippen molar-refractivity contribution < 1.29 is 18.0 Å². The summed E-state index contributed by atoms with van der Waals surface area (Å²) < 4.78 is 37.3. The molecule has 0 aliphatic rings. The molecule has 98 valence electrons. The lowest BCUT2D eigenvalue weighted by Crippen LogP contribution is -2.04. The molecule has 6 heteroatoms. The van der Waals surface area contributed by atoms with Gasteiger partial charge in [-0.05, 0) is 23.8 Å². The molecule has 1 heterocycles. The van der Waals surface area contributed by atoms with Gasteiger partial charge in [-0.25, -0.2) is 4.98 Å². The van der Waals surface area contributed by atoms with Crippen LogP contribution in [-0.4, -0.2) is 11.3 Å². The molecule has 0 aliphatic carbocycles. The number of rotatable bonds is 2. The number of pyridine rings is 1. The van der Waals surface area contributed by atoms with Crippen molar-refractivity contribution in [2.75, 3.05) is 0 Å². The van der Waals surface area contributed by atoms with Gasteiger partial charge in [0.05, 0.1) is 5.56 Å². The van der Waals surface area contributed by atoms with E-state index in [0.29, 0.717) is 23.0 Å². The van der Waals surface area contributed by atoms with Gasteiger partial charge < -0.3 is 0 Å². The van der Waals surface area contributed by atoms with Crippen LogP contribution >= 0.6 is 11.6 Å². The molecule has 0 bridgehead atoms. The zero-order valence-corrected chi connectivity index (χ0v) is 10.2. The Morgan fingerprint density at radius 3 is 2.32 bits per heavy atom. The molecule has 2 aromatic rings. The largest absolute Gasteiger partial charge is 0.416 e. The summed E-state index contributed by atoms with van der Waals surface area (Å²) in [5.41, 5.74) is 0.445. The van der Waals surface area contributed by atoms with E-state index in [2.05, 4.69) is 4.98 Å². The molecule has 0 radical (unpaired) electrons. The van der Waals surface area contributed by atoms with Crippen molar-refractivity contribution >= 4 is 17.9 Å². The summed E-state index contributed by atoms with van der Waals surface area (Å²) in [7, 11) is 0. The first-order valence-corrected chi connectivity index (χ1v) is 5.58. The summed E-state index contributed by atoms with van der Waals surface area (Å²) >= 11 is 5.87. The van der Waals surface area contributed by atoms with Crippen LogP contribution in [0.1, 0.15) is 15.9 Å². The van der Waals surface area contributed by atoms with Crippen LogP contribution < -0.4 is 0 Å². The van der Waals surface area contributed by atoms with Crippen molar-refractivity contribution in [3.8, 4) is 11.1 Å². The number of carbonyl (C=O) groups is 1. The van der Waals surface area contributed by atoms with Crippen molar-refractivity contribution in [2.24, 2.45) is 0 Å². The monoisotopic (exact) mass is 285 g/mol. The Morgan fingerprint density at radius 1 is 1.16 bits per heavy atom. The third kappa shape index (κ3) is 2.93. The Hall–Kier alpha value is -1.88. The topological polar surface area (TPSA) is 30.0 Å². The first-order chi connectivity index (χ1) is 8.91. The first kappa shape index (κ1) is 13.5. The van der Waals surface area contributed by atoms with Gasteiger partial charge in [-0.3, -0.25) is 4.79 Å². The van der Waals surface area contributed by atoms with Crippen molar-refractivity contribution in [1.29, 1.82) is 0 Å². The lowest BCUT2D eigenvalue weighted by molar-refractivity contribution is -0.137. The van der Waals surface area contributed by atoms with Gasteiger partial charge in [-0.15, -0.1) is 0 Å². The Balaban J connectivity index is 2.45. The quantitative estimate of drug-likeness (QED) is 0.610. The Labute approximate surface area is 111 Å². The lowest BCUT2D eigenvalue weighted by Gasteiger charge is -2.08. The molecule has 2 nitrogen and oxygen atoms in total. The van der Waals surface area contributed by atoms with Crippen LogP contribution in [0, 0.1) is 0 Å². The van der Waals surface area contributed by atoms with E-state index in [1.807, 2.05) is 0 Å². The Bertz CT molecular complexity index is 608. The van der Waals surface area contributed by atoms with Gasteiger partial charge >= 0.3 is 6.18 Å². The normalized spacial score (nSPS) is 11.4. The minimum Gasteiger partial charge on any atom is -0.298 e. The van der Waals surface area contributed by atoms with Gasteiger partial charge in [0.25, 0.3) is 0 Å². The van der Waals surface area contributed by atoms with Gasteiger partial charge in [0, 0.05) is 17.3 Å². The summed E-state index contributed by atoms with van der Waals surface area (Å²) in [6.45, 7) is 0. The van der Waals surface area contributed by atoms with Crippen LogP contribution in [0.15, 0.2) is 36.5 Å². The molecule has 19 heavy (non-hydrogen) atoms. The Kier molecular flexibility index (Phi) is 3.57. The zero-order chi connectivity index (χ0) is 14.0. The molecule has 1 aromatic heterocycles. The number of benzene rings is 1. The van der Waals surface area contributed by atoms with E-state index in [0.717, 1.165) is 12.1 Å². The maximum absolute atomic E-state index is 12.4. The maximum atomic E-state index is 12.4. The number of hydrogen-bond donors (Lipinski definition) is 0. The maximum Gasteiger partial charge on any atom is 0.416 e. The molecule has 0 N–H and O–H groups in total. The zero-order valence-electron chi connectivity index (χ0n) is 9.41. The molecular formula is C13H7ClF3NO. The van der Waals surface area contributed by atoms with Crippen LogP contribution in [0.25, 0.3) is 11.1 Å². The predicted molar refractivity (Wildman–Crippen MR) is 65.1 cm³/mol. The number of nitrogens with zero attached hydrogens (tertiary/aromatic N) is 1. The predicted octanol–water partition coefficient (Wildman–Crippen LogP) is 4.23. The minimum absolute atomic E-state index is 0.130. The minimum atomic E-state index is -4.38. The number of carbonyl (C=O) groups excluding carboxylic acids is 1. The molecule has 0 saturated heterocycles. The van der Waals surface area contributed by atoms with Crippen molar-refractivity contribution in [2.45, 2.75) is 6.18 Å². The number of hydrogen-bond acceptors (Lipinski definition) is 2.